The van der Waals surface area contributed by atoms with Crippen molar-refractivity contribution in [3.05, 3.63) is 49.0 Å². The number of rotatable bonds is 28. The second kappa shape index (κ2) is 29.3. The molecule has 0 aliphatic heterocycles. The SMILES string of the molecule is CCCCCCCCCCCCC=CC=COP(=O)(O)OC=CC=CCCCCCCCCCCCC. The highest BCUT2D eigenvalue weighted by molar-refractivity contribution is 7.47. The smallest absolute Gasteiger partial charge is 0.403 e. The van der Waals surface area contributed by atoms with Crippen LogP contribution < -0.4 is 0 Å². The van der Waals surface area contributed by atoms with E-state index >= 15 is 0 Å². The molecule has 5 heteroatoms. The maximum Gasteiger partial charge on any atom is 0.583 e. The first-order valence-corrected chi connectivity index (χ1v) is 16.9. The van der Waals surface area contributed by atoms with Crippen molar-refractivity contribution in [3.8, 4) is 0 Å². The van der Waals surface area contributed by atoms with Crippen LogP contribution in [0.25, 0.3) is 0 Å². The molecule has 216 valence electrons. The van der Waals surface area contributed by atoms with Crippen LogP contribution >= 0.6 is 7.82 Å². The lowest BCUT2D eigenvalue weighted by molar-refractivity contribution is 0.244. The summed E-state index contributed by atoms with van der Waals surface area (Å²) in [6, 6.07) is 0. The van der Waals surface area contributed by atoms with E-state index in [-0.39, 0.29) is 0 Å². The van der Waals surface area contributed by atoms with Gasteiger partial charge in [-0.05, 0) is 37.8 Å². The Labute approximate surface area is 230 Å². The lowest BCUT2D eigenvalue weighted by atomic mass is 10.1. The van der Waals surface area contributed by atoms with Gasteiger partial charge in [-0.1, -0.05) is 154 Å². The van der Waals surface area contributed by atoms with E-state index in [0.717, 1.165) is 12.8 Å². The molecule has 0 aromatic carbocycles. The first-order chi connectivity index (χ1) is 18.1. The van der Waals surface area contributed by atoms with Crippen LogP contribution in [0.4, 0.5) is 0 Å². The number of unbranched alkanes of at least 4 members (excludes halogenated alkanes) is 20. The summed E-state index contributed by atoms with van der Waals surface area (Å²) in [6.45, 7) is 4.52. The van der Waals surface area contributed by atoms with Crippen molar-refractivity contribution in [2.45, 2.75) is 155 Å². The molecule has 0 aliphatic rings. The largest absolute Gasteiger partial charge is 0.583 e. The fourth-order valence-corrected chi connectivity index (χ4v) is 4.69. The molecule has 37 heavy (non-hydrogen) atoms. The van der Waals surface area contributed by atoms with Crippen LogP contribution in [0.3, 0.4) is 0 Å². The number of allylic oxidation sites excluding steroid dienone is 6. The molecular formula is C32H59O4P. The topological polar surface area (TPSA) is 55.8 Å². The molecule has 0 spiro atoms. The van der Waals surface area contributed by atoms with E-state index in [9.17, 15) is 9.46 Å². The lowest BCUT2D eigenvalue weighted by Gasteiger charge is -2.06. The summed E-state index contributed by atoms with van der Waals surface area (Å²) in [5.41, 5.74) is 0. The summed E-state index contributed by atoms with van der Waals surface area (Å²) in [7, 11) is -4.11. The van der Waals surface area contributed by atoms with Gasteiger partial charge < -0.3 is 9.05 Å². The van der Waals surface area contributed by atoms with E-state index in [1.807, 2.05) is 12.2 Å². The van der Waals surface area contributed by atoms with Gasteiger partial charge in [0.25, 0.3) is 0 Å². The van der Waals surface area contributed by atoms with Crippen LogP contribution in [0.15, 0.2) is 49.0 Å². The van der Waals surface area contributed by atoms with E-state index in [2.05, 4.69) is 26.0 Å². The molecule has 0 fully saturated rings. The second-order valence-electron chi connectivity index (χ2n) is 10.1. The Balaban J connectivity index is 3.59. The van der Waals surface area contributed by atoms with Crippen molar-refractivity contribution < 1.29 is 18.5 Å². The van der Waals surface area contributed by atoms with Gasteiger partial charge in [0.1, 0.15) is 0 Å². The van der Waals surface area contributed by atoms with Crippen molar-refractivity contribution in [3.63, 3.8) is 0 Å². The van der Waals surface area contributed by atoms with E-state index < -0.39 is 7.82 Å². The normalized spacial score (nSPS) is 13.9. The van der Waals surface area contributed by atoms with Gasteiger partial charge >= 0.3 is 7.82 Å². The van der Waals surface area contributed by atoms with Crippen molar-refractivity contribution in [1.82, 2.24) is 0 Å². The molecule has 0 rings (SSSR count). The number of hydrogen-bond donors (Lipinski definition) is 1. The monoisotopic (exact) mass is 538 g/mol. The number of phosphoric ester groups is 1. The van der Waals surface area contributed by atoms with E-state index in [1.54, 1.807) is 12.2 Å². The third-order valence-corrected chi connectivity index (χ3v) is 7.26. The molecule has 0 saturated heterocycles. The van der Waals surface area contributed by atoms with Crippen LogP contribution in [0, 0.1) is 0 Å². The highest BCUT2D eigenvalue weighted by Gasteiger charge is 2.19. The molecule has 0 atom stereocenters. The Morgan fingerprint density at radius 3 is 1.11 bits per heavy atom. The molecule has 0 aliphatic carbocycles. The Morgan fingerprint density at radius 1 is 0.486 bits per heavy atom. The summed E-state index contributed by atoms with van der Waals surface area (Å²) in [5, 5.41) is 0. The zero-order chi connectivity index (χ0) is 27.1. The van der Waals surface area contributed by atoms with E-state index in [0.29, 0.717) is 0 Å². The van der Waals surface area contributed by atoms with Gasteiger partial charge in [-0.3, -0.25) is 4.89 Å². The predicted octanol–water partition coefficient (Wildman–Crippen LogP) is 11.9. The maximum absolute atomic E-state index is 11.8. The second-order valence-corrected chi connectivity index (χ2v) is 11.5. The van der Waals surface area contributed by atoms with Crippen molar-refractivity contribution >= 4 is 7.82 Å². The molecule has 0 unspecified atom stereocenters. The average Bonchev–Trinajstić information content (AvgIpc) is 2.88. The van der Waals surface area contributed by atoms with Gasteiger partial charge in [0.2, 0.25) is 0 Å². The summed E-state index contributed by atoms with van der Waals surface area (Å²) in [6.07, 6.45) is 42.2. The van der Waals surface area contributed by atoms with Crippen LogP contribution in [-0.2, 0) is 13.6 Å². The van der Waals surface area contributed by atoms with E-state index in [4.69, 9.17) is 9.05 Å². The van der Waals surface area contributed by atoms with Crippen molar-refractivity contribution in [2.24, 2.45) is 0 Å². The lowest BCUT2D eigenvalue weighted by Crippen LogP contribution is -1.83. The minimum atomic E-state index is -4.11. The predicted molar refractivity (Wildman–Crippen MR) is 161 cm³/mol. The number of phosphoric acid groups is 1. The summed E-state index contributed by atoms with van der Waals surface area (Å²) >= 11 is 0. The van der Waals surface area contributed by atoms with Crippen LogP contribution in [0.5, 0.6) is 0 Å². The van der Waals surface area contributed by atoms with Crippen molar-refractivity contribution in [2.75, 3.05) is 0 Å². The Morgan fingerprint density at radius 2 is 0.784 bits per heavy atom. The summed E-state index contributed by atoms with van der Waals surface area (Å²) < 4.78 is 21.5. The van der Waals surface area contributed by atoms with Gasteiger partial charge in [-0.2, -0.15) is 0 Å². The zero-order valence-electron chi connectivity index (χ0n) is 24.3. The average molecular weight is 539 g/mol. The molecule has 0 radical (unpaired) electrons. The molecule has 0 saturated carbocycles. The Bertz CT molecular complexity index is 574. The molecule has 0 heterocycles. The van der Waals surface area contributed by atoms with E-state index in [1.165, 1.54) is 141 Å². The molecule has 0 aromatic heterocycles. The first kappa shape index (κ1) is 35.8. The molecule has 0 amide bonds. The highest BCUT2D eigenvalue weighted by Crippen LogP contribution is 2.43. The summed E-state index contributed by atoms with van der Waals surface area (Å²) in [4.78, 5) is 9.68. The van der Waals surface area contributed by atoms with Crippen molar-refractivity contribution in [1.29, 1.82) is 0 Å². The Hall–Kier alpha value is -1.25. The third kappa shape index (κ3) is 30.9. The van der Waals surface area contributed by atoms with Gasteiger partial charge in [-0.25, -0.2) is 4.57 Å². The molecule has 1 N–H and O–H groups in total. The zero-order valence-corrected chi connectivity index (χ0v) is 25.2. The quantitative estimate of drug-likeness (QED) is 0.0466. The fourth-order valence-electron chi connectivity index (χ4n) is 4.19. The first-order valence-electron chi connectivity index (χ1n) is 15.4. The third-order valence-electron chi connectivity index (χ3n) is 6.49. The number of hydrogen-bond acceptors (Lipinski definition) is 3. The van der Waals surface area contributed by atoms with Gasteiger partial charge in [0.15, 0.2) is 0 Å². The fraction of sp³-hybridized carbons (Fsp3) is 0.750. The van der Waals surface area contributed by atoms with Gasteiger partial charge in [-0.15, -0.1) is 0 Å². The van der Waals surface area contributed by atoms with Gasteiger partial charge in [0, 0.05) is 0 Å². The molecule has 0 aromatic rings. The molecular weight excluding hydrogens is 479 g/mol. The molecule has 0 bridgehead atoms. The minimum absolute atomic E-state index is 1.02. The minimum Gasteiger partial charge on any atom is -0.403 e. The summed E-state index contributed by atoms with van der Waals surface area (Å²) in [5.74, 6) is 0. The van der Waals surface area contributed by atoms with Crippen LogP contribution in [0.2, 0.25) is 0 Å². The van der Waals surface area contributed by atoms with Crippen LogP contribution in [0.1, 0.15) is 155 Å². The standard InChI is InChI=1S/C32H59O4P/c1-3-5-7-9-11-13-15-17-19-21-23-25-27-29-31-35-37(33,34)36-32-30-28-26-24-22-20-18-16-14-12-10-8-6-4-2/h25-32H,3-24H2,1-2H3,(H,33,34). The Kier molecular flexibility index (Phi) is 28.3. The van der Waals surface area contributed by atoms with Gasteiger partial charge in [0.05, 0.1) is 12.5 Å². The van der Waals surface area contributed by atoms with Crippen LogP contribution in [-0.4, -0.2) is 4.89 Å². The molecule has 4 nitrogen and oxygen atoms in total. The maximum atomic E-state index is 11.8. The highest BCUT2D eigenvalue weighted by atomic mass is 31.2.